The van der Waals surface area contributed by atoms with Crippen LogP contribution >= 0.6 is 11.3 Å². The Kier molecular flexibility index (Phi) is 4.67. The summed E-state index contributed by atoms with van der Waals surface area (Å²) in [6.45, 7) is 8.62. The fourth-order valence-corrected chi connectivity index (χ4v) is 3.53. The molecule has 0 aliphatic carbocycles. The summed E-state index contributed by atoms with van der Waals surface area (Å²) in [7, 11) is 0. The molecule has 76 valence electrons. The molecule has 0 nitrogen and oxygen atoms in total. The maximum Gasteiger partial charge on any atom is 0.00170 e. The Morgan fingerprint density at radius 3 is 1.36 bits per heavy atom. The van der Waals surface area contributed by atoms with E-state index in [0.29, 0.717) is 14.5 Å². The molecule has 14 heavy (non-hydrogen) atoms. The van der Waals surface area contributed by atoms with Crippen LogP contribution in [0.4, 0.5) is 0 Å². The Bertz CT molecular complexity index is 313. The smallest absolute Gasteiger partial charge is 0.00170 e. The standard InChI is InChI=1S/C6H8S.C6H8Se/c2*1-5-3-4-6(2)7-5/h2*3-4H,1-2H3. The second kappa shape index (κ2) is 5.55. The van der Waals surface area contributed by atoms with Gasteiger partial charge < -0.3 is 0 Å². The van der Waals surface area contributed by atoms with Gasteiger partial charge in [0.25, 0.3) is 0 Å². The SMILES string of the molecule is Cc1ccc(C)[se]1.Cc1ccc(C)s1. The molecule has 0 amide bonds. The van der Waals surface area contributed by atoms with Crippen molar-refractivity contribution in [2.24, 2.45) is 0 Å². The van der Waals surface area contributed by atoms with Gasteiger partial charge in [-0.2, -0.15) is 0 Å². The van der Waals surface area contributed by atoms with Gasteiger partial charge in [0.05, 0.1) is 0 Å². The summed E-state index contributed by atoms with van der Waals surface area (Å²) in [5, 5.41) is 0. The molecule has 0 aliphatic heterocycles. The molecule has 2 aromatic heterocycles. The van der Waals surface area contributed by atoms with Gasteiger partial charge in [0.2, 0.25) is 0 Å². The van der Waals surface area contributed by atoms with Crippen molar-refractivity contribution in [1.29, 1.82) is 0 Å². The van der Waals surface area contributed by atoms with Gasteiger partial charge in [0, 0.05) is 9.75 Å². The van der Waals surface area contributed by atoms with E-state index in [1.54, 1.807) is 8.87 Å². The second-order valence-corrected chi connectivity index (χ2v) is 7.94. The van der Waals surface area contributed by atoms with Gasteiger partial charge >= 0.3 is 49.4 Å². The van der Waals surface area contributed by atoms with E-state index in [-0.39, 0.29) is 0 Å². The van der Waals surface area contributed by atoms with Crippen LogP contribution in [-0.4, -0.2) is 14.5 Å². The van der Waals surface area contributed by atoms with Gasteiger partial charge in [-0.15, -0.1) is 11.3 Å². The second-order valence-electron chi connectivity index (χ2n) is 3.31. The monoisotopic (exact) mass is 272 g/mol. The molecule has 0 N–H and O–H groups in total. The molecule has 2 rings (SSSR count). The summed E-state index contributed by atoms with van der Waals surface area (Å²) >= 11 is 2.55. The van der Waals surface area contributed by atoms with Crippen LogP contribution in [-0.2, 0) is 0 Å². The molecule has 2 aromatic rings. The van der Waals surface area contributed by atoms with Crippen molar-refractivity contribution in [3.63, 3.8) is 0 Å². The summed E-state index contributed by atoms with van der Waals surface area (Å²) in [5.74, 6) is 0. The molecule has 2 heterocycles. The minimum Gasteiger partial charge on any atom is -0.146 e. The number of hydrogen-bond donors (Lipinski definition) is 0. The van der Waals surface area contributed by atoms with Crippen LogP contribution in [0.5, 0.6) is 0 Å². The van der Waals surface area contributed by atoms with Crippen LogP contribution in [0.25, 0.3) is 0 Å². The minimum atomic E-state index is 0.708. The largest absolute Gasteiger partial charge is 0.146 e. The first kappa shape index (κ1) is 11.8. The fraction of sp³-hybridized carbons (Fsp3) is 0.333. The van der Waals surface area contributed by atoms with Crippen LogP contribution in [0.2, 0.25) is 0 Å². The maximum atomic E-state index is 2.20. The molecule has 0 atom stereocenters. The zero-order valence-corrected chi connectivity index (χ0v) is 11.7. The molecule has 0 bridgehead atoms. The quantitative estimate of drug-likeness (QED) is 0.641. The normalized spacial score (nSPS) is 9.43. The first-order valence-electron chi connectivity index (χ1n) is 4.64. The van der Waals surface area contributed by atoms with Crippen molar-refractivity contribution in [2.45, 2.75) is 27.7 Å². The number of hydrogen-bond acceptors (Lipinski definition) is 1. The minimum absolute atomic E-state index is 0.708. The third-order valence-corrected chi connectivity index (χ3v) is 4.59. The van der Waals surface area contributed by atoms with Gasteiger partial charge in [-0.05, 0) is 26.0 Å². The molecule has 0 aliphatic rings. The van der Waals surface area contributed by atoms with E-state index in [2.05, 4.69) is 52.0 Å². The van der Waals surface area contributed by atoms with E-state index in [0.717, 1.165) is 0 Å². The number of aryl methyl sites for hydroxylation is 4. The van der Waals surface area contributed by atoms with E-state index in [4.69, 9.17) is 0 Å². The van der Waals surface area contributed by atoms with E-state index in [1.165, 1.54) is 9.75 Å². The Hall–Kier alpha value is -0.301. The molecule has 2 heteroatoms. The zero-order chi connectivity index (χ0) is 10.6. The summed E-state index contributed by atoms with van der Waals surface area (Å²) in [4.78, 5) is 2.80. The van der Waals surface area contributed by atoms with Gasteiger partial charge in [0.1, 0.15) is 0 Å². The number of rotatable bonds is 0. The average molecular weight is 271 g/mol. The molecular weight excluding hydrogens is 255 g/mol. The van der Waals surface area contributed by atoms with Gasteiger partial charge in [0.15, 0.2) is 0 Å². The van der Waals surface area contributed by atoms with Crippen molar-refractivity contribution >= 4 is 25.8 Å². The Balaban J connectivity index is 0.000000140. The van der Waals surface area contributed by atoms with Crippen LogP contribution in [0.3, 0.4) is 0 Å². The van der Waals surface area contributed by atoms with Crippen molar-refractivity contribution in [3.8, 4) is 0 Å². The summed E-state index contributed by atoms with van der Waals surface area (Å²) in [6.07, 6.45) is 0. The van der Waals surface area contributed by atoms with E-state index in [1.807, 2.05) is 11.3 Å². The fourth-order valence-electron chi connectivity index (χ4n) is 1.11. The third kappa shape index (κ3) is 4.28. The molecule has 0 saturated carbocycles. The van der Waals surface area contributed by atoms with Crippen molar-refractivity contribution < 1.29 is 0 Å². The van der Waals surface area contributed by atoms with E-state index in [9.17, 15) is 0 Å². The van der Waals surface area contributed by atoms with Crippen molar-refractivity contribution in [1.82, 2.24) is 0 Å². The van der Waals surface area contributed by atoms with Crippen molar-refractivity contribution in [2.75, 3.05) is 0 Å². The van der Waals surface area contributed by atoms with Gasteiger partial charge in [-0.1, -0.05) is 0 Å². The van der Waals surface area contributed by atoms with Gasteiger partial charge in [-0.3, -0.25) is 0 Å². The van der Waals surface area contributed by atoms with Gasteiger partial charge in [-0.25, -0.2) is 0 Å². The molecule has 0 spiro atoms. The number of thiophene rings is 1. The van der Waals surface area contributed by atoms with Crippen LogP contribution < -0.4 is 0 Å². The van der Waals surface area contributed by atoms with Crippen LogP contribution in [0.15, 0.2) is 24.3 Å². The predicted octanol–water partition coefficient (Wildman–Crippen LogP) is 3.73. The third-order valence-electron chi connectivity index (χ3n) is 1.75. The molecule has 0 fully saturated rings. The Morgan fingerprint density at radius 1 is 0.786 bits per heavy atom. The van der Waals surface area contributed by atoms with E-state index < -0.39 is 0 Å². The summed E-state index contributed by atoms with van der Waals surface area (Å²) < 4.78 is 3.09. The van der Waals surface area contributed by atoms with Crippen LogP contribution in [0.1, 0.15) is 18.6 Å². The van der Waals surface area contributed by atoms with Crippen LogP contribution in [0, 0.1) is 27.7 Å². The predicted molar refractivity (Wildman–Crippen MR) is 66.6 cm³/mol. The maximum absolute atomic E-state index is 2.20. The Labute approximate surface area is 96.4 Å². The first-order chi connectivity index (χ1) is 6.58. The first-order valence-corrected chi connectivity index (χ1v) is 7.17. The van der Waals surface area contributed by atoms with E-state index >= 15 is 0 Å². The molecule has 0 radical (unpaired) electrons. The molecule has 0 saturated heterocycles. The average Bonchev–Trinajstić information content (AvgIpc) is 2.63. The molecular formula is C12H16SSe. The topological polar surface area (TPSA) is 0 Å². The zero-order valence-electron chi connectivity index (χ0n) is 9.13. The summed E-state index contributed by atoms with van der Waals surface area (Å²) in [5.41, 5.74) is 0. The summed E-state index contributed by atoms with van der Waals surface area (Å²) in [6, 6.07) is 8.69. The Morgan fingerprint density at radius 2 is 1.21 bits per heavy atom. The molecule has 0 aromatic carbocycles. The molecule has 0 unspecified atom stereocenters. The van der Waals surface area contributed by atoms with Crippen molar-refractivity contribution in [3.05, 3.63) is 42.9 Å².